The lowest BCUT2D eigenvalue weighted by atomic mass is 10.2. The van der Waals surface area contributed by atoms with E-state index in [1.807, 2.05) is 47.1 Å². The second-order valence-corrected chi connectivity index (χ2v) is 7.89. The number of fused-ring (bicyclic) bond motifs is 2. The molecule has 0 unspecified atom stereocenters. The van der Waals surface area contributed by atoms with Gasteiger partial charge in [0.2, 0.25) is 0 Å². The zero-order valence-electron chi connectivity index (χ0n) is 16.8. The molecule has 1 fully saturated rings. The summed E-state index contributed by atoms with van der Waals surface area (Å²) in [6.45, 7) is 3.75. The Bertz CT molecular complexity index is 1180. The summed E-state index contributed by atoms with van der Waals surface area (Å²) in [6.07, 6.45) is 5.11. The van der Waals surface area contributed by atoms with E-state index >= 15 is 0 Å². The van der Waals surface area contributed by atoms with Crippen LogP contribution in [0, 0.1) is 0 Å². The minimum Gasteiger partial charge on any atom is -0.353 e. The first-order valence-electron chi connectivity index (χ1n) is 10.6. The van der Waals surface area contributed by atoms with Crippen LogP contribution in [0.15, 0.2) is 54.7 Å². The largest absolute Gasteiger partial charge is 0.353 e. The van der Waals surface area contributed by atoms with Gasteiger partial charge in [-0.1, -0.05) is 36.4 Å². The van der Waals surface area contributed by atoms with Crippen molar-refractivity contribution in [3.63, 3.8) is 0 Å². The maximum Gasteiger partial charge on any atom is 0.254 e. The summed E-state index contributed by atoms with van der Waals surface area (Å²) in [6, 6.07) is 16.3. The number of aryl methyl sites for hydroxylation is 1. The molecule has 3 aromatic heterocycles. The molecule has 0 saturated carbocycles. The molecule has 0 radical (unpaired) electrons. The molecule has 30 heavy (non-hydrogen) atoms. The van der Waals surface area contributed by atoms with E-state index in [9.17, 15) is 0 Å². The van der Waals surface area contributed by atoms with Crippen LogP contribution in [-0.2, 0) is 12.8 Å². The maximum atomic E-state index is 4.89. The highest BCUT2D eigenvalue weighted by atomic mass is 15.4. The van der Waals surface area contributed by atoms with E-state index in [0.717, 1.165) is 62.6 Å². The molecule has 2 aliphatic rings. The minimum atomic E-state index is 0.705. The smallest absolute Gasteiger partial charge is 0.254 e. The summed E-state index contributed by atoms with van der Waals surface area (Å²) in [7, 11) is 0. The van der Waals surface area contributed by atoms with E-state index in [-0.39, 0.29) is 0 Å². The van der Waals surface area contributed by atoms with Gasteiger partial charge < -0.3 is 9.80 Å². The average molecular weight is 397 g/mol. The highest BCUT2D eigenvalue weighted by Gasteiger charge is 2.28. The molecule has 1 aliphatic carbocycles. The topological polar surface area (TPSA) is 62.5 Å². The molecule has 0 spiro atoms. The van der Waals surface area contributed by atoms with Gasteiger partial charge in [-0.05, 0) is 31.4 Å². The third-order valence-corrected chi connectivity index (χ3v) is 6.07. The van der Waals surface area contributed by atoms with Crippen LogP contribution in [0.2, 0.25) is 0 Å². The fourth-order valence-corrected chi connectivity index (χ4v) is 4.58. The average Bonchev–Trinajstić information content (AvgIpc) is 3.45. The summed E-state index contributed by atoms with van der Waals surface area (Å²) in [5, 5.41) is 4.89. The Morgan fingerprint density at radius 1 is 0.767 bits per heavy atom. The van der Waals surface area contributed by atoms with E-state index in [0.29, 0.717) is 5.78 Å². The van der Waals surface area contributed by atoms with Crippen LogP contribution < -0.4 is 9.80 Å². The number of pyridine rings is 1. The number of anilines is 2. The fourth-order valence-electron chi connectivity index (χ4n) is 4.58. The van der Waals surface area contributed by atoms with Crippen molar-refractivity contribution >= 4 is 17.4 Å². The first-order valence-corrected chi connectivity index (χ1v) is 10.6. The lowest BCUT2D eigenvalue weighted by Gasteiger charge is -2.37. The maximum absolute atomic E-state index is 4.89. The van der Waals surface area contributed by atoms with Crippen molar-refractivity contribution in [1.82, 2.24) is 24.6 Å². The van der Waals surface area contributed by atoms with Gasteiger partial charge in [-0.3, -0.25) is 0 Å². The van der Waals surface area contributed by atoms with Gasteiger partial charge in [0.05, 0.1) is 5.69 Å². The fraction of sp³-hybridized carbons (Fsp3) is 0.304. The molecule has 1 aromatic carbocycles. The molecule has 4 heterocycles. The monoisotopic (exact) mass is 397 g/mol. The quantitative estimate of drug-likeness (QED) is 0.530. The number of rotatable bonds is 3. The Labute approximate surface area is 175 Å². The Morgan fingerprint density at radius 3 is 2.37 bits per heavy atom. The molecule has 0 amide bonds. The molecule has 4 aromatic rings. The van der Waals surface area contributed by atoms with Crippen LogP contribution in [0.25, 0.3) is 17.2 Å². The zero-order valence-corrected chi connectivity index (χ0v) is 16.8. The second-order valence-electron chi connectivity index (χ2n) is 7.89. The van der Waals surface area contributed by atoms with Crippen molar-refractivity contribution < 1.29 is 0 Å². The highest BCUT2D eigenvalue weighted by Crippen LogP contribution is 2.32. The van der Waals surface area contributed by atoms with Gasteiger partial charge in [-0.25, -0.2) is 9.97 Å². The van der Waals surface area contributed by atoms with Gasteiger partial charge in [0.25, 0.3) is 5.78 Å². The van der Waals surface area contributed by atoms with Crippen LogP contribution in [0.5, 0.6) is 0 Å². The van der Waals surface area contributed by atoms with Crippen molar-refractivity contribution in [2.75, 3.05) is 36.0 Å². The molecule has 0 bridgehead atoms. The van der Waals surface area contributed by atoms with E-state index in [1.54, 1.807) is 0 Å². The van der Waals surface area contributed by atoms with Crippen LogP contribution >= 0.6 is 0 Å². The Kier molecular flexibility index (Phi) is 4.11. The SMILES string of the molecule is c1ccc(-c2nc3nc4c(c(N5CCN(c6ccccn6)CC5)n3n2)CCC4)cc1. The van der Waals surface area contributed by atoms with Gasteiger partial charge in [0.1, 0.15) is 11.6 Å². The van der Waals surface area contributed by atoms with Gasteiger partial charge in [0, 0.05) is 43.5 Å². The highest BCUT2D eigenvalue weighted by molar-refractivity contribution is 5.62. The Hall–Kier alpha value is -3.48. The second kappa shape index (κ2) is 7.09. The molecular weight excluding hydrogens is 374 g/mol. The molecule has 6 rings (SSSR count). The molecule has 0 N–H and O–H groups in total. The molecule has 7 heteroatoms. The number of hydrogen-bond donors (Lipinski definition) is 0. The Morgan fingerprint density at radius 2 is 1.57 bits per heavy atom. The van der Waals surface area contributed by atoms with E-state index in [1.165, 1.54) is 17.1 Å². The molecule has 150 valence electrons. The molecule has 7 nitrogen and oxygen atoms in total. The van der Waals surface area contributed by atoms with Crippen molar-refractivity contribution in [1.29, 1.82) is 0 Å². The van der Waals surface area contributed by atoms with E-state index < -0.39 is 0 Å². The lowest BCUT2D eigenvalue weighted by molar-refractivity contribution is 0.630. The summed E-state index contributed by atoms with van der Waals surface area (Å²) < 4.78 is 1.98. The minimum absolute atomic E-state index is 0.705. The third kappa shape index (κ3) is 2.89. The lowest BCUT2D eigenvalue weighted by Crippen LogP contribution is -2.47. The van der Waals surface area contributed by atoms with Gasteiger partial charge >= 0.3 is 0 Å². The first kappa shape index (κ1) is 17.4. The molecular formula is C23H23N7. The summed E-state index contributed by atoms with van der Waals surface area (Å²) >= 11 is 0. The number of hydrogen-bond acceptors (Lipinski definition) is 6. The zero-order chi connectivity index (χ0) is 19.9. The van der Waals surface area contributed by atoms with Crippen LogP contribution in [-0.4, -0.2) is 50.7 Å². The van der Waals surface area contributed by atoms with Crippen molar-refractivity contribution in [3.05, 3.63) is 66.0 Å². The van der Waals surface area contributed by atoms with Gasteiger partial charge in [0.15, 0.2) is 5.82 Å². The third-order valence-electron chi connectivity index (χ3n) is 6.07. The molecule has 0 atom stereocenters. The number of aromatic nitrogens is 5. The Balaban J connectivity index is 1.38. The van der Waals surface area contributed by atoms with Crippen LogP contribution in [0.4, 0.5) is 11.6 Å². The normalized spacial score (nSPS) is 16.3. The van der Waals surface area contributed by atoms with Crippen LogP contribution in [0.3, 0.4) is 0 Å². The summed E-state index contributed by atoms with van der Waals surface area (Å²) in [5.74, 6) is 3.68. The van der Waals surface area contributed by atoms with Crippen molar-refractivity contribution in [2.45, 2.75) is 19.3 Å². The van der Waals surface area contributed by atoms with Gasteiger partial charge in [-0.2, -0.15) is 9.50 Å². The van der Waals surface area contributed by atoms with Crippen molar-refractivity contribution in [2.24, 2.45) is 0 Å². The predicted octanol–water partition coefficient (Wildman–Crippen LogP) is 3.00. The van der Waals surface area contributed by atoms with Crippen LogP contribution in [0.1, 0.15) is 17.7 Å². The first-order chi connectivity index (χ1) is 14.9. The molecule has 1 aliphatic heterocycles. The number of nitrogens with zero attached hydrogens (tertiary/aromatic N) is 7. The number of piperazine rings is 1. The van der Waals surface area contributed by atoms with E-state index in [4.69, 9.17) is 15.1 Å². The van der Waals surface area contributed by atoms with Gasteiger partial charge in [-0.15, -0.1) is 5.10 Å². The predicted molar refractivity (Wildman–Crippen MR) is 117 cm³/mol. The number of benzene rings is 1. The summed E-state index contributed by atoms with van der Waals surface area (Å²) in [5.41, 5.74) is 3.56. The summed E-state index contributed by atoms with van der Waals surface area (Å²) in [4.78, 5) is 19.0. The van der Waals surface area contributed by atoms with E-state index in [2.05, 4.69) is 26.9 Å². The van der Waals surface area contributed by atoms with Crippen molar-refractivity contribution in [3.8, 4) is 11.4 Å². The standard InChI is InChI=1S/C23H23N7/c1-2-7-17(8-3-1)21-26-23-25-19-10-6-9-18(19)22(30(23)27-21)29-15-13-28(14-16-29)20-11-4-5-12-24-20/h1-5,7-8,11-12H,6,9-10,13-16H2. The molecule has 1 saturated heterocycles.